The number of fused-ring (bicyclic) bond motifs is 1. The molecule has 1 saturated heterocycles. The number of carbonyl (C=O) groups excluding carboxylic acids is 2. The van der Waals surface area contributed by atoms with E-state index in [2.05, 4.69) is 5.10 Å². The molecule has 9 heteroatoms. The van der Waals surface area contributed by atoms with Crippen molar-refractivity contribution in [2.45, 2.75) is 40.3 Å². The van der Waals surface area contributed by atoms with Crippen molar-refractivity contribution in [2.75, 3.05) is 20.7 Å². The van der Waals surface area contributed by atoms with Gasteiger partial charge in [-0.3, -0.25) is 14.6 Å². The van der Waals surface area contributed by atoms with Crippen LogP contribution in [-0.2, 0) is 11.3 Å². The second kappa shape index (κ2) is 7.64. The number of aliphatic imine (C=N–C) groups is 1. The van der Waals surface area contributed by atoms with Gasteiger partial charge in [0.05, 0.1) is 25.9 Å². The number of amides is 3. The van der Waals surface area contributed by atoms with E-state index >= 15 is 0 Å². The van der Waals surface area contributed by atoms with Crippen molar-refractivity contribution in [3.63, 3.8) is 0 Å². The molecule has 0 radical (unpaired) electrons. The number of aryl methyl sites for hydroxylation is 1. The largest absolute Gasteiger partial charge is 0.497 e. The van der Waals surface area contributed by atoms with Gasteiger partial charge in [-0.1, -0.05) is 17.1 Å². The lowest BCUT2D eigenvalue weighted by Gasteiger charge is -2.34. The summed E-state index contributed by atoms with van der Waals surface area (Å²) in [6.45, 7) is 8.63. The number of rotatable bonds is 4. The number of urea groups is 1. The second-order valence-electron chi connectivity index (χ2n) is 7.78. The Hall–Kier alpha value is -3.49. The number of hydrogen-bond acceptors (Lipinski definition) is 5. The third kappa shape index (κ3) is 3.20. The molecule has 0 saturated carbocycles. The summed E-state index contributed by atoms with van der Waals surface area (Å²) in [4.78, 5) is 34.0. The van der Waals surface area contributed by atoms with Crippen LogP contribution in [0.3, 0.4) is 0 Å². The minimum atomic E-state index is -0.662. The Kier molecular flexibility index (Phi) is 5.12. The lowest BCUT2D eigenvalue weighted by molar-refractivity contribution is -0.534. The van der Waals surface area contributed by atoms with E-state index in [1.54, 1.807) is 18.8 Å². The zero-order chi connectivity index (χ0) is 22.4. The third-order valence-corrected chi connectivity index (χ3v) is 6.07. The van der Waals surface area contributed by atoms with Crippen LogP contribution >= 0.6 is 0 Å². The summed E-state index contributed by atoms with van der Waals surface area (Å²) in [7, 11) is 3.26. The maximum Gasteiger partial charge on any atom is 0.421 e. The SMILES string of the molecule is CC[N+]1=C(n2nc(C)c(C)c2C)N=C2C1C(=O)N(Cc1ccc(OC)cc1)C(=O)N2C. The summed E-state index contributed by atoms with van der Waals surface area (Å²) in [5.74, 6) is 1.44. The fourth-order valence-corrected chi connectivity index (χ4v) is 3.97. The molecule has 3 heterocycles. The van der Waals surface area contributed by atoms with Gasteiger partial charge in [-0.15, -0.1) is 9.78 Å². The number of amidine groups is 1. The van der Waals surface area contributed by atoms with Gasteiger partial charge in [0.1, 0.15) is 11.4 Å². The summed E-state index contributed by atoms with van der Waals surface area (Å²) in [5, 5.41) is 4.61. The fourth-order valence-electron chi connectivity index (χ4n) is 3.97. The summed E-state index contributed by atoms with van der Waals surface area (Å²) < 4.78 is 8.85. The molecule has 31 heavy (non-hydrogen) atoms. The van der Waals surface area contributed by atoms with Crippen molar-refractivity contribution in [3.05, 3.63) is 46.8 Å². The van der Waals surface area contributed by atoms with Crippen molar-refractivity contribution >= 4 is 23.7 Å². The minimum absolute atomic E-state index is 0.182. The van der Waals surface area contributed by atoms with Gasteiger partial charge in [-0.05, 0) is 45.4 Å². The highest BCUT2D eigenvalue weighted by atomic mass is 16.5. The highest BCUT2D eigenvalue weighted by Crippen LogP contribution is 2.24. The zero-order valence-corrected chi connectivity index (χ0v) is 18.7. The lowest BCUT2D eigenvalue weighted by atomic mass is 10.1. The molecule has 162 valence electrons. The minimum Gasteiger partial charge on any atom is -0.497 e. The maximum atomic E-state index is 13.5. The fraction of sp³-hybridized carbons (Fsp3) is 0.409. The molecule has 1 fully saturated rings. The number of methoxy groups -OCH3 is 1. The van der Waals surface area contributed by atoms with Crippen LogP contribution in [-0.4, -0.2) is 74.6 Å². The summed E-state index contributed by atoms with van der Waals surface area (Å²) in [5.41, 5.74) is 3.80. The van der Waals surface area contributed by atoms with E-state index in [0.717, 1.165) is 28.3 Å². The predicted molar refractivity (Wildman–Crippen MR) is 116 cm³/mol. The molecule has 4 rings (SSSR count). The van der Waals surface area contributed by atoms with E-state index in [-0.39, 0.29) is 12.5 Å². The van der Waals surface area contributed by atoms with Crippen molar-refractivity contribution in [1.82, 2.24) is 19.6 Å². The Balaban J connectivity index is 1.73. The van der Waals surface area contributed by atoms with Gasteiger partial charge in [0.25, 0.3) is 5.91 Å². The zero-order valence-electron chi connectivity index (χ0n) is 18.7. The summed E-state index contributed by atoms with van der Waals surface area (Å²) in [6.07, 6.45) is 0. The van der Waals surface area contributed by atoms with Gasteiger partial charge < -0.3 is 4.74 Å². The molecule has 1 aromatic heterocycles. The molecule has 9 nitrogen and oxygen atoms in total. The number of likely N-dealkylation sites (N-methyl/N-ethyl adjacent to an activating group) is 2. The van der Waals surface area contributed by atoms with Gasteiger partial charge in [0.2, 0.25) is 11.9 Å². The van der Waals surface area contributed by atoms with Crippen molar-refractivity contribution < 1.29 is 18.9 Å². The number of imide groups is 1. The molecule has 1 aromatic carbocycles. The average molecular weight is 423 g/mol. The van der Waals surface area contributed by atoms with Crippen LogP contribution in [0, 0.1) is 20.8 Å². The lowest BCUT2D eigenvalue weighted by Crippen LogP contribution is -2.62. The quantitative estimate of drug-likeness (QED) is 0.704. The van der Waals surface area contributed by atoms with E-state index in [9.17, 15) is 9.59 Å². The normalized spacial score (nSPS) is 18.6. The van der Waals surface area contributed by atoms with Gasteiger partial charge >= 0.3 is 12.0 Å². The first-order valence-corrected chi connectivity index (χ1v) is 10.3. The first kappa shape index (κ1) is 20.8. The van der Waals surface area contributed by atoms with Crippen LogP contribution < -0.4 is 4.74 Å². The molecule has 1 unspecified atom stereocenters. The summed E-state index contributed by atoms with van der Waals surface area (Å²) >= 11 is 0. The van der Waals surface area contributed by atoms with Crippen molar-refractivity contribution in [2.24, 2.45) is 4.99 Å². The standard InChI is InChI=1S/C22H27N6O3/c1-7-26-18-19(23-21(26)28-15(4)13(2)14(3)24-28)25(5)22(30)27(20(18)29)12-16-8-10-17(31-6)11-9-16/h8-11,18H,7,12H2,1-6H3/q+1. The first-order chi connectivity index (χ1) is 14.8. The van der Waals surface area contributed by atoms with Gasteiger partial charge in [-0.2, -0.15) is 0 Å². The molecule has 2 aromatic rings. The number of aromatic nitrogens is 2. The van der Waals surface area contributed by atoms with Crippen LogP contribution in [0.15, 0.2) is 29.3 Å². The van der Waals surface area contributed by atoms with Crippen LogP contribution in [0.2, 0.25) is 0 Å². The molecule has 1 atom stereocenters. The highest BCUT2D eigenvalue weighted by Gasteiger charge is 2.52. The molecule has 0 N–H and O–H groups in total. The number of carbonyl (C=O) groups is 2. The molecule has 0 aliphatic carbocycles. The highest BCUT2D eigenvalue weighted by molar-refractivity contribution is 6.22. The summed E-state index contributed by atoms with van der Waals surface area (Å²) in [6, 6.07) is 6.28. The number of ether oxygens (including phenoxy) is 1. The third-order valence-electron chi connectivity index (χ3n) is 6.07. The van der Waals surface area contributed by atoms with E-state index in [1.807, 2.05) is 56.5 Å². The average Bonchev–Trinajstić information content (AvgIpc) is 3.28. The Morgan fingerprint density at radius 3 is 2.35 bits per heavy atom. The van der Waals surface area contributed by atoms with Crippen molar-refractivity contribution in [3.8, 4) is 5.75 Å². The predicted octanol–water partition coefficient (Wildman–Crippen LogP) is 1.93. The van der Waals surface area contributed by atoms with Gasteiger partial charge in [0.15, 0.2) is 0 Å². The number of nitrogens with zero attached hydrogens (tertiary/aromatic N) is 6. The Bertz CT molecular complexity index is 1130. The second-order valence-corrected chi connectivity index (χ2v) is 7.78. The Morgan fingerprint density at radius 2 is 1.81 bits per heavy atom. The van der Waals surface area contributed by atoms with Gasteiger partial charge in [-0.25, -0.2) is 9.37 Å². The number of benzene rings is 1. The molecular weight excluding hydrogens is 396 g/mol. The van der Waals surface area contributed by atoms with Crippen molar-refractivity contribution in [1.29, 1.82) is 0 Å². The first-order valence-electron chi connectivity index (χ1n) is 10.3. The molecule has 3 amide bonds. The van der Waals surface area contributed by atoms with Crippen LogP contribution in [0.1, 0.15) is 29.4 Å². The van der Waals surface area contributed by atoms with Crippen LogP contribution in [0.5, 0.6) is 5.75 Å². The van der Waals surface area contributed by atoms with E-state index in [4.69, 9.17) is 9.73 Å². The van der Waals surface area contributed by atoms with Crippen LogP contribution in [0.25, 0.3) is 0 Å². The molecular formula is C22H27N6O3+. The molecule has 2 aliphatic rings. The van der Waals surface area contributed by atoms with E-state index < -0.39 is 12.1 Å². The number of hydrogen-bond donors (Lipinski definition) is 0. The molecule has 0 bridgehead atoms. The molecule has 0 spiro atoms. The van der Waals surface area contributed by atoms with E-state index in [1.165, 1.54) is 9.80 Å². The van der Waals surface area contributed by atoms with Crippen LogP contribution in [0.4, 0.5) is 4.79 Å². The Morgan fingerprint density at radius 1 is 1.13 bits per heavy atom. The maximum absolute atomic E-state index is 13.5. The topological polar surface area (TPSA) is 83.0 Å². The smallest absolute Gasteiger partial charge is 0.421 e. The monoisotopic (exact) mass is 423 g/mol. The Labute approximate surface area is 181 Å². The molecule has 2 aliphatic heterocycles. The van der Waals surface area contributed by atoms with Gasteiger partial charge in [0, 0.05) is 12.6 Å². The van der Waals surface area contributed by atoms with E-state index in [0.29, 0.717) is 18.3 Å².